The largest absolute Gasteiger partial charge is 0.325 e. The summed E-state index contributed by atoms with van der Waals surface area (Å²) in [5, 5.41) is 2.57. The van der Waals surface area contributed by atoms with Crippen molar-refractivity contribution in [2.45, 2.75) is 30.8 Å². The van der Waals surface area contributed by atoms with E-state index >= 15 is 0 Å². The van der Waals surface area contributed by atoms with Crippen LogP contribution in [0.1, 0.15) is 25.3 Å². The molecule has 0 bridgehead atoms. The van der Waals surface area contributed by atoms with Gasteiger partial charge in [0.1, 0.15) is 5.82 Å². The lowest BCUT2D eigenvalue weighted by molar-refractivity contribution is -0.117. The van der Waals surface area contributed by atoms with Gasteiger partial charge in [0.2, 0.25) is 11.8 Å². The van der Waals surface area contributed by atoms with Crippen molar-refractivity contribution < 1.29 is 14.0 Å². The molecule has 1 saturated heterocycles. The van der Waals surface area contributed by atoms with Gasteiger partial charge in [0.25, 0.3) is 0 Å². The number of rotatable bonds is 6. The highest BCUT2D eigenvalue weighted by Crippen LogP contribution is 2.28. The minimum absolute atomic E-state index is 0.0841. The zero-order chi connectivity index (χ0) is 18.5. The van der Waals surface area contributed by atoms with Gasteiger partial charge >= 0.3 is 0 Å². The van der Waals surface area contributed by atoms with Crippen molar-refractivity contribution in [2.75, 3.05) is 16.8 Å². The Bertz CT molecular complexity index is 798. The Kier molecular flexibility index (Phi) is 5.93. The summed E-state index contributed by atoms with van der Waals surface area (Å²) in [5.74, 6) is 0.0620. The van der Waals surface area contributed by atoms with E-state index in [1.54, 1.807) is 0 Å². The maximum atomic E-state index is 14.1. The number of halogens is 1. The van der Waals surface area contributed by atoms with E-state index in [1.807, 2.05) is 37.3 Å². The molecule has 0 saturated carbocycles. The molecule has 1 heterocycles. The third-order valence-electron chi connectivity index (χ3n) is 4.29. The average Bonchev–Trinajstić information content (AvgIpc) is 3.08. The zero-order valence-corrected chi connectivity index (χ0v) is 15.4. The maximum Gasteiger partial charge on any atom is 0.237 e. The Morgan fingerprint density at radius 3 is 2.73 bits per heavy atom. The molecule has 4 nitrogen and oxygen atoms in total. The smallest absolute Gasteiger partial charge is 0.237 e. The van der Waals surface area contributed by atoms with Gasteiger partial charge in [-0.25, -0.2) is 4.39 Å². The van der Waals surface area contributed by atoms with E-state index in [-0.39, 0.29) is 22.8 Å². The summed E-state index contributed by atoms with van der Waals surface area (Å²) in [6.07, 6.45) is 1.16. The van der Waals surface area contributed by atoms with Crippen LogP contribution >= 0.6 is 11.8 Å². The number of benzene rings is 2. The predicted molar refractivity (Wildman–Crippen MR) is 104 cm³/mol. The molecule has 0 aliphatic carbocycles. The fraction of sp³-hybridized carbons (Fsp3) is 0.300. The third-order valence-corrected chi connectivity index (χ3v) is 5.50. The summed E-state index contributed by atoms with van der Waals surface area (Å²) < 4.78 is 14.1. The number of hydrogen-bond acceptors (Lipinski definition) is 3. The highest BCUT2D eigenvalue weighted by atomic mass is 32.2. The summed E-state index contributed by atoms with van der Waals surface area (Å²) >= 11 is 1.54. The van der Waals surface area contributed by atoms with Crippen LogP contribution < -0.4 is 10.2 Å². The lowest BCUT2D eigenvalue weighted by Crippen LogP contribution is -2.26. The number of carbonyl (C=O) groups is 2. The van der Waals surface area contributed by atoms with Gasteiger partial charge in [0.15, 0.2) is 0 Å². The minimum Gasteiger partial charge on any atom is -0.325 e. The van der Waals surface area contributed by atoms with Crippen molar-refractivity contribution in [1.29, 1.82) is 0 Å². The highest BCUT2D eigenvalue weighted by molar-refractivity contribution is 7.99. The highest BCUT2D eigenvalue weighted by Gasteiger charge is 2.25. The molecule has 0 aromatic heterocycles. The number of nitrogens with zero attached hydrogens (tertiary/aromatic N) is 1. The van der Waals surface area contributed by atoms with Crippen LogP contribution in [0.2, 0.25) is 0 Å². The van der Waals surface area contributed by atoms with Crippen molar-refractivity contribution in [3.63, 3.8) is 0 Å². The second-order valence-corrected chi connectivity index (χ2v) is 7.57. The fourth-order valence-electron chi connectivity index (χ4n) is 2.82. The number of carbonyl (C=O) groups excluding carboxylic acids is 2. The number of nitrogens with one attached hydrogen (secondary N) is 1. The Labute approximate surface area is 156 Å². The molecule has 3 rings (SSSR count). The van der Waals surface area contributed by atoms with Gasteiger partial charge in [-0.05, 0) is 37.1 Å². The van der Waals surface area contributed by atoms with Crippen LogP contribution in [0.3, 0.4) is 0 Å². The molecule has 0 radical (unpaired) electrons. The Hall–Kier alpha value is -2.34. The number of anilines is 2. The van der Waals surface area contributed by atoms with Crippen LogP contribution in [0.4, 0.5) is 15.8 Å². The standard InChI is InChI=1S/C20H21FN2O2S/c1-14(26-13-15-6-3-2-4-7-15)20(25)22-16-9-10-17(21)18(12-16)23-11-5-8-19(23)24/h2-4,6-7,9-10,12,14H,5,8,11,13H2,1H3,(H,22,25)/t14-/m0/s1. The average molecular weight is 372 g/mol. The van der Waals surface area contributed by atoms with E-state index in [2.05, 4.69) is 5.32 Å². The van der Waals surface area contributed by atoms with Gasteiger partial charge in [-0.3, -0.25) is 9.59 Å². The summed E-state index contributed by atoms with van der Waals surface area (Å²) in [7, 11) is 0. The molecule has 1 atom stereocenters. The Morgan fingerprint density at radius 2 is 2.04 bits per heavy atom. The zero-order valence-electron chi connectivity index (χ0n) is 14.6. The molecule has 2 aromatic rings. The van der Waals surface area contributed by atoms with Crippen LogP contribution in [-0.4, -0.2) is 23.6 Å². The molecule has 1 fully saturated rings. The SMILES string of the molecule is C[C@H](SCc1ccccc1)C(=O)Nc1ccc(F)c(N2CCCC2=O)c1. The van der Waals surface area contributed by atoms with Gasteiger partial charge in [-0.1, -0.05) is 30.3 Å². The molecule has 1 aliphatic heterocycles. The lowest BCUT2D eigenvalue weighted by Gasteiger charge is -2.18. The fourth-order valence-corrected chi connectivity index (χ4v) is 3.66. The van der Waals surface area contributed by atoms with Crippen molar-refractivity contribution in [1.82, 2.24) is 0 Å². The molecule has 136 valence electrons. The second-order valence-electron chi connectivity index (χ2n) is 6.24. The van der Waals surface area contributed by atoms with Crippen molar-refractivity contribution >= 4 is 35.0 Å². The minimum atomic E-state index is -0.454. The van der Waals surface area contributed by atoms with E-state index in [0.29, 0.717) is 18.7 Å². The van der Waals surface area contributed by atoms with Gasteiger partial charge < -0.3 is 10.2 Å². The molecule has 0 spiro atoms. The first-order valence-corrected chi connectivity index (χ1v) is 9.66. The lowest BCUT2D eigenvalue weighted by atomic mass is 10.2. The number of amides is 2. The normalized spacial score (nSPS) is 15.2. The predicted octanol–water partition coefficient (Wildman–Crippen LogP) is 4.21. The Balaban J connectivity index is 1.62. The van der Waals surface area contributed by atoms with E-state index in [9.17, 15) is 14.0 Å². The Morgan fingerprint density at radius 1 is 1.27 bits per heavy atom. The van der Waals surface area contributed by atoms with Crippen LogP contribution in [0.5, 0.6) is 0 Å². The summed E-state index contributed by atoms with van der Waals surface area (Å²) in [6.45, 7) is 2.36. The molecule has 2 aromatic carbocycles. The topological polar surface area (TPSA) is 49.4 Å². The molecular formula is C20H21FN2O2S. The summed E-state index contributed by atoms with van der Waals surface area (Å²) in [4.78, 5) is 25.7. The molecule has 2 amide bonds. The van der Waals surface area contributed by atoms with E-state index in [0.717, 1.165) is 17.7 Å². The third kappa shape index (κ3) is 4.43. The van der Waals surface area contributed by atoms with Crippen molar-refractivity contribution in [3.05, 3.63) is 59.9 Å². The first-order valence-electron chi connectivity index (χ1n) is 8.61. The molecule has 6 heteroatoms. The monoisotopic (exact) mass is 372 g/mol. The summed E-state index contributed by atoms with van der Waals surface area (Å²) in [6, 6.07) is 14.3. The first-order chi connectivity index (χ1) is 12.5. The van der Waals surface area contributed by atoms with Gasteiger partial charge in [-0.2, -0.15) is 0 Å². The molecule has 0 unspecified atom stereocenters. The van der Waals surface area contributed by atoms with Crippen LogP contribution in [0, 0.1) is 5.82 Å². The van der Waals surface area contributed by atoms with Crippen LogP contribution in [-0.2, 0) is 15.3 Å². The van der Waals surface area contributed by atoms with Crippen molar-refractivity contribution in [2.24, 2.45) is 0 Å². The van der Waals surface area contributed by atoms with Crippen molar-refractivity contribution in [3.8, 4) is 0 Å². The molecule has 1 aliphatic rings. The quantitative estimate of drug-likeness (QED) is 0.826. The van der Waals surface area contributed by atoms with Gasteiger partial charge in [0, 0.05) is 24.4 Å². The molecular weight excluding hydrogens is 351 g/mol. The maximum absolute atomic E-state index is 14.1. The van der Waals surface area contributed by atoms with Crippen LogP contribution in [0.25, 0.3) is 0 Å². The van der Waals surface area contributed by atoms with E-state index in [4.69, 9.17) is 0 Å². The van der Waals surface area contributed by atoms with E-state index < -0.39 is 5.82 Å². The summed E-state index contributed by atoms with van der Waals surface area (Å²) in [5.41, 5.74) is 1.89. The first kappa shape index (κ1) is 18.5. The molecule has 26 heavy (non-hydrogen) atoms. The second kappa shape index (κ2) is 8.36. The van der Waals surface area contributed by atoms with E-state index in [1.165, 1.54) is 34.9 Å². The number of thioether (sulfide) groups is 1. The molecule has 1 N–H and O–H groups in total. The van der Waals surface area contributed by atoms with Gasteiger partial charge in [0.05, 0.1) is 10.9 Å². The van der Waals surface area contributed by atoms with Crippen LogP contribution in [0.15, 0.2) is 48.5 Å². The number of hydrogen-bond donors (Lipinski definition) is 1. The van der Waals surface area contributed by atoms with Gasteiger partial charge in [-0.15, -0.1) is 11.8 Å².